The summed E-state index contributed by atoms with van der Waals surface area (Å²) in [5.41, 5.74) is 1.07. The molecule has 1 aliphatic rings. The average molecular weight is 394 g/mol. The molecule has 0 spiro atoms. The van der Waals surface area contributed by atoms with E-state index in [2.05, 4.69) is 0 Å². The maximum absolute atomic E-state index is 13.4. The maximum Gasteiger partial charge on any atom is 0.277 e. The lowest BCUT2D eigenvalue weighted by molar-refractivity contribution is -0.137. The third kappa shape index (κ3) is 5.15. The molecule has 7 nitrogen and oxygen atoms in total. The van der Waals surface area contributed by atoms with Crippen molar-refractivity contribution in [3.05, 3.63) is 41.3 Å². The Labute approximate surface area is 164 Å². The molecular formula is C20H27FN2O5. The van der Waals surface area contributed by atoms with E-state index < -0.39 is 5.82 Å². The standard InChI is InChI=1S/C20H27FN2O5/c1-26-12-4-9-23-19(24)17(15-5-7-16(21)8-6-15)18(20(23)25)22(10-13-27-2)11-14-28-3/h5-8H,4,9-14H2,1-3H3. The fraction of sp³-hybridized carbons (Fsp3) is 0.500. The molecule has 8 heteroatoms. The molecule has 0 aromatic heterocycles. The molecular weight excluding hydrogens is 367 g/mol. The van der Waals surface area contributed by atoms with Crippen molar-refractivity contribution in [3.63, 3.8) is 0 Å². The van der Waals surface area contributed by atoms with E-state index in [-0.39, 0.29) is 23.9 Å². The normalized spacial score (nSPS) is 14.4. The Hall–Kier alpha value is -2.29. The van der Waals surface area contributed by atoms with Crippen molar-refractivity contribution in [1.82, 2.24) is 9.80 Å². The van der Waals surface area contributed by atoms with Gasteiger partial charge in [0.05, 0.1) is 18.8 Å². The molecule has 0 N–H and O–H groups in total. The largest absolute Gasteiger partial charge is 0.385 e. The molecule has 0 saturated carbocycles. The van der Waals surface area contributed by atoms with E-state index in [0.717, 1.165) is 0 Å². The Balaban J connectivity index is 2.44. The van der Waals surface area contributed by atoms with Crippen molar-refractivity contribution < 1.29 is 28.2 Å². The summed E-state index contributed by atoms with van der Waals surface area (Å²) < 4.78 is 28.7. The Kier molecular flexibility index (Phi) is 8.56. The fourth-order valence-electron chi connectivity index (χ4n) is 3.04. The van der Waals surface area contributed by atoms with Gasteiger partial charge in [0.25, 0.3) is 11.8 Å². The van der Waals surface area contributed by atoms with Crippen LogP contribution < -0.4 is 0 Å². The number of imide groups is 1. The average Bonchev–Trinajstić information content (AvgIpc) is 2.94. The number of ether oxygens (including phenoxy) is 3. The van der Waals surface area contributed by atoms with E-state index in [1.165, 1.54) is 29.2 Å². The molecule has 2 amide bonds. The molecule has 0 saturated heterocycles. The summed E-state index contributed by atoms with van der Waals surface area (Å²) in [6.45, 7) is 2.30. The van der Waals surface area contributed by atoms with E-state index in [4.69, 9.17) is 14.2 Å². The van der Waals surface area contributed by atoms with Crippen LogP contribution in [0.25, 0.3) is 5.57 Å². The van der Waals surface area contributed by atoms with Gasteiger partial charge >= 0.3 is 0 Å². The summed E-state index contributed by atoms with van der Waals surface area (Å²) in [4.78, 5) is 29.2. The van der Waals surface area contributed by atoms with Gasteiger partial charge in [0, 0.05) is 47.6 Å². The van der Waals surface area contributed by atoms with Crippen LogP contribution in [0.1, 0.15) is 12.0 Å². The van der Waals surface area contributed by atoms with Gasteiger partial charge in [-0.3, -0.25) is 14.5 Å². The van der Waals surface area contributed by atoms with Crippen LogP contribution in [-0.2, 0) is 23.8 Å². The van der Waals surface area contributed by atoms with Crippen LogP contribution in [0.2, 0.25) is 0 Å². The summed E-state index contributed by atoms with van der Waals surface area (Å²) in [7, 11) is 4.71. The van der Waals surface area contributed by atoms with Gasteiger partial charge in [-0.05, 0) is 24.1 Å². The van der Waals surface area contributed by atoms with Gasteiger partial charge in [-0.15, -0.1) is 0 Å². The van der Waals surface area contributed by atoms with Crippen LogP contribution in [0.15, 0.2) is 30.0 Å². The third-order valence-electron chi connectivity index (χ3n) is 4.45. The number of amides is 2. The highest BCUT2D eigenvalue weighted by Gasteiger charge is 2.41. The second-order valence-electron chi connectivity index (χ2n) is 6.31. The molecule has 28 heavy (non-hydrogen) atoms. The first kappa shape index (κ1) is 22.0. The summed E-state index contributed by atoms with van der Waals surface area (Å²) in [6, 6.07) is 5.58. The van der Waals surface area contributed by atoms with Crippen LogP contribution in [0.4, 0.5) is 4.39 Å². The second kappa shape index (κ2) is 10.9. The molecule has 0 unspecified atom stereocenters. The third-order valence-corrected chi connectivity index (χ3v) is 4.45. The van der Waals surface area contributed by atoms with Crippen molar-refractivity contribution >= 4 is 17.4 Å². The van der Waals surface area contributed by atoms with Crippen LogP contribution in [-0.4, -0.2) is 82.4 Å². The quantitative estimate of drug-likeness (QED) is 0.396. The number of hydrogen-bond acceptors (Lipinski definition) is 6. The number of carbonyl (C=O) groups excluding carboxylic acids is 2. The number of benzene rings is 1. The van der Waals surface area contributed by atoms with Gasteiger partial charge in [-0.1, -0.05) is 12.1 Å². The smallest absolute Gasteiger partial charge is 0.277 e. The fourth-order valence-corrected chi connectivity index (χ4v) is 3.04. The van der Waals surface area contributed by atoms with E-state index in [1.54, 1.807) is 26.2 Å². The van der Waals surface area contributed by atoms with E-state index >= 15 is 0 Å². The molecule has 1 aromatic rings. The number of nitrogens with zero attached hydrogens (tertiary/aromatic N) is 2. The maximum atomic E-state index is 13.4. The SMILES string of the molecule is COCCCN1C(=O)C(c2ccc(F)cc2)=C(N(CCOC)CCOC)C1=O. The number of rotatable bonds is 12. The Morgan fingerprint density at radius 1 is 0.893 bits per heavy atom. The Bertz CT molecular complexity index is 697. The van der Waals surface area contributed by atoms with Gasteiger partial charge < -0.3 is 19.1 Å². The summed E-state index contributed by atoms with van der Waals surface area (Å²) in [5, 5.41) is 0. The monoisotopic (exact) mass is 394 g/mol. The van der Waals surface area contributed by atoms with E-state index in [9.17, 15) is 14.0 Å². The lowest BCUT2D eigenvalue weighted by Crippen LogP contribution is -2.38. The topological polar surface area (TPSA) is 68.3 Å². The molecule has 0 aliphatic carbocycles. The minimum atomic E-state index is -0.407. The molecule has 1 heterocycles. The highest BCUT2D eigenvalue weighted by molar-refractivity contribution is 6.35. The summed E-state index contributed by atoms with van der Waals surface area (Å²) in [5.74, 6) is -1.16. The molecule has 2 rings (SSSR count). The highest BCUT2D eigenvalue weighted by Crippen LogP contribution is 2.31. The van der Waals surface area contributed by atoms with E-state index in [0.29, 0.717) is 50.6 Å². The molecule has 0 atom stereocenters. The zero-order chi connectivity index (χ0) is 20.5. The molecule has 0 radical (unpaired) electrons. The summed E-state index contributed by atoms with van der Waals surface area (Å²) >= 11 is 0. The van der Waals surface area contributed by atoms with Crippen molar-refractivity contribution in [2.24, 2.45) is 0 Å². The lowest BCUT2D eigenvalue weighted by atomic mass is 10.0. The zero-order valence-corrected chi connectivity index (χ0v) is 16.6. The van der Waals surface area contributed by atoms with Gasteiger partial charge in [0.15, 0.2) is 0 Å². The van der Waals surface area contributed by atoms with Crippen molar-refractivity contribution in [2.75, 3.05) is 60.8 Å². The number of methoxy groups -OCH3 is 3. The minimum absolute atomic E-state index is 0.252. The van der Waals surface area contributed by atoms with E-state index in [1.807, 2.05) is 0 Å². The Morgan fingerprint density at radius 3 is 2.00 bits per heavy atom. The number of hydrogen-bond donors (Lipinski definition) is 0. The van der Waals surface area contributed by atoms with Crippen molar-refractivity contribution in [3.8, 4) is 0 Å². The highest BCUT2D eigenvalue weighted by atomic mass is 19.1. The van der Waals surface area contributed by atoms with Gasteiger partial charge in [-0.25, -0.2) is 4.39 Å². The van der Waals surface area contributed by atoms with Crippen molar-refractivity contribution in [1.29, 1.82) is 0 Å². The molecule has 154 valence electrons. The first-order valence-corrected chi connectivity index (χ1v) is 9.13. The predicted octanol–water partition coefficient (Wildman–Crippen LogP) is 1.54. The first-order valence-electron chi connectivity index (χ1n) is 9.13. The van der Waals surface area contributed by atoms with Crippen LogP contribution in [0.3, 0.4) is 0 Å². The molecule has 0 fully saturated rings. The Morgan fingerprint density at radius 2 is 1.46 bits per heavy atom. The second-order valence-corrected chi connectivity index (χ2v) is 6.31. The van der Waals surface area contributed by atoms with Crippen LogP contribution in [0, 0.1) is 5.82 Å². The first-order chi connectivity index (χ1) is 13.5. The van der Waals surface area contributed by atoms with Crippen LogP contribution in [0.5, 0.6) is 0 Å². The number of halogens is 1. The van der Waals surface area contributed by atoms with Gasteiger partial charge in [0.1, 0.15) is 11.5 Å². The molecule has 0 bridgehead atoms. The molecule has 1 aromatic carbocycles. The number of carbonyl (C=O) groups is 2. The molecule has 1 aliphatic heterocycles. The zero-order valence-electron chi connectivity index (χ0n) is 16.6. The van der Waals surface area contributed by atoms with Crippen LogP contribution >= 0.6 is 0 Å². The minimum Gasteiger partial charge on any atom is -0.385 e. The predicted molar refractivity (Wildman–Crippen MR) is 102 cm³/mol. The van der Waals surface area contributed by atoms with Crippen molar-refractivity contribution in [2.45, 2.75) is 6.42 Å². The summed E-state index contributed by atoms with van der Waals surface area (Å²) in [6.07, 6.45) is 0.536. The van der Waals surface area contributed by atoms with Gasteiger partial charge in [-0.2, -0.15) is 0 Å². The lowest BCUT2D eigenvalue weighted by Gasteiger charge is -2.25. The van der Waals surface area contributed by atoms with Gasteiger partial charge in [0.2, 0.25) is 0 Å².